The van der Waals surface area contributed by atoms with Crippen LogP contribution in [0.1, 0.15) is 37.9 Å². The maximum absolute atomic E-state index is 12.7. The summed E-state index contributed by atoms with van der Waals surface area (Å²) in [6, 6.07) is 12.1. The Labute approximate surface area is 228 Å². The predicted octanol–water partition coefficient (Wildman–Crippen LogP) is 3.57. The number of carbonyl (C=O) groups excluding carboxylic acids is 2. The summed E-state index contributed by atoms with van der Waals surface area (Å²) in [6.45, 7) is 5.97. The first-order valence-corrected chi connectivity index (χ1v) is 12.7. The molecule has 9 nitrogen and oxygen atoms in total. The van der Waals surface area contributed by atoms with Crippen LogP contribution in [-0.2, 0) is 14.3 Å². The van der Waals surface area contributed by atoms with E-state index in [9.17, 15) is 9.59 Å². The molecule has 0 aromatic heterocycles. The van der Waals surface area contributed by atoms with Crippen LogP contribution >= 0.6 is 34.8 Å². The van der Waals surface area contributed by atoms with Gasteiger partial charge in [-0.15, -0.1) is 0 Å². The zero-order valence-electron chi connectivity index (χ0n) is 20.1. The minimum Gasteiger partial charge on any atom is -0.493 e. The summed E-state index contributed by atoms with van der Waals surface area (Å²) in [7, 11) is 0. The first-order valence-electron chi connectivity index (χ1n) is 11.2. The fraction of sp³-hybridized carbons (Fsp3) is 0.280. The number of amides is 1. The molecule has 0 saturated heterocycles. The molecule has 0 saturated carbocycles. The number of esters is 1. The number of nitrogens with one attached hydrogen (secondary N) is 3. The Kier molecular flexibility index (Phi) is 10.1. The fourth-order valence-electron chi connectivity index (χ4n) is 3.48. The number of para-hydroxylation sites is 1. The van der Waals surface area contributed by atoms with Crippen molar-refractivity contribution in [2.24, 2.45) is 5.10 Å². The van der Waals surface area contributed by atoms with Crippen molar-refractivity contribution in [3.05, 3.63) is 68.4 Å². The highest BCUT2D eigenvalue weighted by molar-refractivity contribution is 14.1. The van der Waals surface area contributed by atoms with Gasteiger partial charge in [0.25, 0.3) is 5.91 Å². The molecular weight excluding hydrogens is 595 g/mol. The molecule has 1 aliphatic rings. The SMILES string of the molecule is CCOC(=O)C1=C(C)NC(=S)N[C@@H]1c1ccccc1OCC(=O)NN=Cc1ccc(OCC)c(I)c1. The van der Waals surface area contributed by atoms with Crippen molar-refractivity contribution in [1.82, 2.24) is 16.1 Å². The van der Waals surface area contributed by atoms with Gasteiger partial charge in [-0.2, -0.15) is 5.10 Å². The van der Waals surface area contributed by atoms with Crippen molar-refractivity contribution in [3.8, 4) is 11.5 Å². The molecule has 36 heavy (non-hydrogen) atoms. The summed E-state index contributed by atoms with van der Waals surface area (Å²) >= 11 is 7.48. The van der Waals surface area contributed by atoms with E-state index in [0.717, 1.165) is 14.9 Å². The summed E-state index contributed by atoms with van der Waals surface area (Å²) in [5.41, 5.74) is 4.90. The van der Waals surface area contributed by atoms with Crippen LogP contribution in [0.2, 0.25) is 0 Å². The summed E-state index contributed by atoms with van der Waals surface area (Å²) < 4.78 is 17.5. The maximum atomic E-state index is 12.7. The molecule has 1 heterocycles. The van der Waals surface area contributed by atoms with Gasteiger partial charge in [-0.05, 0) is 85.4 Å². The molecule has 0 spiro atoms. The number of hydrogen-bond donors (Lipinski definition) is 3. The third-order valence-corrected chi connectivity index (χ3v) is 6.07. The van der Waals surface area contributed by atoms with Crippen LogP contribution in [0, 0.1) is 3.57 Å². The van der Waals surface area contributed by atoms with Gasteiger partial charge in [-0.1, -0.05) is 18.2 Å². The van der Waals surface area contributed by atoms with Crippen LogP contribution in [0.5, 0.6) is 11.5 Å². The van der Waals surface area contributed by atoms with Crippen LogP contribution in [0.3, 0.4) is 0 Å². The van der Waals surface area contributed by atoms with E-state index in [1.54, 1.807) is 38.3 Å². The van der Waals surface area contributed by atoms with E-state index < -0.39 is 17.9 Å². The molecule has 1 aliphatic heterocycles. The monoisotopic (exact) mass is 622 g/mol. The van der Waals surface area contributed by atoms with Crippen molar-refractivity contribution in [1.29, 1.82) is 0 Å². The summed E-state index contributed by atoms with van der Waals surface area (Å²) in [5.74, 6) is 0.321. The van der Waals surface area contributed by atoms with Crippen LogP contribution < -0.4 is 25.5 Å². The number of thiocarbonyl (C=S) groups is 1. The zero-order chi connectivity index (χ0) is 26.1. The Morgan fingerprint density at radius 1 is 1.14 bits per heavy atom. The standard InChI is InChI=1S/C25H27IN4O5S/c1-4-33-20-11-10-16(12-18(20)26)13-27-30-21(31)14-35-19-9-7-6-8-17(19)23-22(24(32)34-5-2)15(3)28-25(36)29-23/h6-13,23H,4-5,14H2,1-3H3,(H,30,31)(H2,28,29,36)/t23-/m1/s1. The maximum Gasteiger partial charge on any atom is 0.338 e. The molecule has 1 amide bonds. The number of allylic oxidation sites excluding steroid dienone is 1. The predicted molar refractivity (Wildman–Crippen MR) is 149 cm³/mol. The van der Waals surface area contributed by atoms with E-state index >= 15 is 0 Å². The molecule has 11 heteroatoms. The van der Waals surface area contributed by atoms with Crippen LogP contribution in [0.15, 0.2) is 58.8 Å². The Hall–Kier alpha value is -3.19. The van der Waals surface area contributed by atoms with Crippen molar-refractivity contribution < 1.29 is 23.8 Å². The summed E-state index contributed by atoms with van der Waals surface area (Å²) in [4.78, 5) is 25.0. The fourth-order valence-corrected chi connectivity index (χ4v) is 4.45. The third-order valence-electron chi connectivity index (χ3n) is 5.01. The number of benzene rings is 2. The normalized spacial score (nSPS) is 15.2. The Morgan fingerprint density at radius 2 is 1.92 bits per heavy atom. The van der Waals surface area contributed by atoms with Gasteiger partial charge in [0, 0.05) is 11.3 Å². The van der Waals surface area contributed by atoms with Crippen molar-refractivity contribution in [2.45, 2.75) is 26.8 Å². The molecule has 3 N–H and O–H groups in total. The van der Waals surface area contributed by atoms with E-state index in [0.29, 0.717) is 34.3 Å². The Balaban J connectivity index is 1.68. The Bertz CT molecular complexity index is 1200. The molecule has 0 radical (unpaired) electrons. The van der Waals surface area contributed by atoms with Gasteiger partial charge in [0.05, 0.1) is 34.6 Å². The second kappa shape index (κ2) is 13.2. The number of rotatable bonds is 10. The molecule has 0 bridgehead atoms. The van der Waals surface area contributed by atoms with Crippen LogP contribution in [-0.4, -0.2) is 43.0 Å². The minimum absolute atomic E-state index is 0.238. The molecule has 0 fully saturated rings. The first kappa shape index (κ1) is 27.4. The number of nitrogens with zero attached hydrogens (tertiary/aromatic N) is 1. The first-order chi connectivity index (χ1) is 17.3. The van der Waals surface area contributed by atoms with Crippen LogP contribution in [0.4, 0.5) is 0 Å². The average Bonchev–Trinajstić information content (AvgIpc) is 2.84. The van der Waals surface area contributed by atoms with Gasteiger partial charge in [-0.25, -0.2) is 10.2 Å². The molecule has 190 valence electrons. The van der Waals surface area contributed by atoms with E-state index in [1.165, 1.54) is 0 Å². The minimum atomic E-state index is -0.600. The van der Waals surface area contributed by atoms with E-state index in [4.69, 9.17) is 26.4 Å². The lowest BCUT2D eigenvalue weighted by molar-refractivity contribution is -0.139. The van der Waals surface area contributed by atoms with Gasteiger partial charge in [-0.3, -0.25) is 4.79 Å². The second-order valence-electron chi connectivity index (χ2n) is 7.53. The second-order valence-corrected chi connectivity index (χ2v) is 9.10. The lowest BCUT2D eigenvalue weighted by atomic mass is 9.95. The van der Waals surface area contributed by atoms with Gasteiger partial charge in [0.2, 0.25) is 0 Å². The molecule has 2 aromatic carbocycles. The number of halogens is 1. The lowest BCUT2D eigenvalue weighted by Gasteiger charge is -2.30. The van der Waals surface area contributed by atoms with Crippen molar-refractivity contribution >= 4 is 58.0 Å². The highest BCUT2D eigenvalue weighted by Crippen LogP contribution is 2.33. The van der Waals surface area contributed by atoms with E-state index in [1.807, 2.05) is 31.2 Å². The number of hydrogen-bond acceptors (Lipinski definition) is 7. The van der Waals surface area contributed by atoms with Gasteiger partial charge in [0.15, 0.2) is 11.7 Å². The highest BCUT2D eigenvalue weighted by atomic mass is 127. The average molecular weight is 622 g/mol. The number of ether oxygens (including phenoxy) is 3. The smallest absolute Gasteiger partial charge is 0.338 e. The number of carbonyl (C=O) groups is 2. The van der Waals surface area contributed by atoms with Gasteiger partial charge < -0.3 is 24.8 Å². The Morgan fingerprint density at radius 3 is 2.64 bits per heavy atom. The van der Waals surface area contributed by atoms with E-state index in [-0.39, 0.29) is 13.2 Å². The van der Waals surface area contributed by atoms with Crippen molar-refractivity contribution in [2.75, 3.05) is 19.8 Å². The molecule has 0 unspecified atom stereocenters. The molecule has 1 atom stereocenters. The van der Waals surface area contributed by atoms with E-state index in [2.05, 4.69) is 43.8 Å². The molecular formula is C25H27IN4O5S. The zero-order valence-corrected chi connectivity index (χ0v) is 23.1. The quantitative estimate of drug-likeness (QED) is 0.121. The molecule has 2 aromatic rings. The highest BCUT2D eigenvalue weighted by Gasteiger charge is 2.32. The topological polar surface area (TPSA) is 110 Å². The van der Waals surface area contributed by atoms with Gasteiger partial charge in [0.1, 0.15) is 11.5 Å². The molecule has 3 rings (SSSR count). The third kappa shape index (κ3) is 7.17. The lowest BCUT2D eigenvalue weighted by Crippen LogP contribution is -2.45. The number of hydrazone groups is 1. The summed E-state index contributed by atoms with van der Waals surface area (Å²) in [6.07, 6.45) is 1.54. The van der Waals surface area contributed by atoms with Gasteiger partial charge >= 0.3 is 5.97 Å². The van der Waals surface area contributed by atoms with Crippen molar-refractivity contribution in [3.63, 3.8) is 0 Å². The largest absolute Gasteiger partial charge is 0.493 e. The molecule has 0 aliphatic carbocycles. The summed E-state index contributed by atoms with van der Waals surface area (Å²) in [5, 5.41) is 10.4. The van der Waals surface area contributed by atoms with Crippen LogP contribution in [0.25, 0.3) is 0 Å².